The summed E-state index contributed by atoms with van der Waals surface area (Å²) in [6.45, 7) is 8.22. The first-order valence-electron chi connectivity index (χ1n) is 6.55. The highest BCUT2D eigenvalue weighted by molar-refractivity contribution is 5.78. The molecule has 0 rings (SSSR count). The van der Waals surface area contributed by atoms with Crippen molar-refractivity contribution < 1.29 is 14.7 Å². The van der Waals surface area contributed by atoms with Crippen molar-refractivity contribution in [3.05, 3.63) is 0 Å². The molecule has 0 bridgehead atoms. The average Bonchev–Trinajstić information content (AvgIpc) is 2.26. The molecule has 0 aromatic heterocycles. The number of rotatable bonds is 8. The summed E-state index contributed by atoms with van der Waals surface area (Å²) < 4.78 is 0. The molecule has 0 heterocycles. The van der Waals surface area contributed by atoms with Crippen LogP contribution in [0.25, 0.3) is 0 Å². The first-order valence-corrected chi connectivity index (χ1v) is 6.55. The molecule has 5 heteroatoms. The third-order valence-corrected chi connectivity index (χ3v) is 3.07. The van der Waals surface area contributed by atoms with E-state index in [1.54, 1.807) is 6.92 Å². The van der Waals surface area contributed by atoms with E-state index in [9.17, 15) is 14.7 Å². The van der Waals surface area contributed by atoms with E-state index in [1.807, 2.05) is 20.8 Å². The van der Waals surface area contributed by atoms with Crippen LogP contribution in [0.5, 0.6) is 0 Å². The maximum Gasteiger partial charge on any atom is 0.220 e. The van der Waals surface area contributed by atoms with Crippen molar-refractivity contribution in [2.75, 3.05) is 13.1 Å². The van der Waals surface area contributed by atoms with Crippen LogP contribution in [0.1, 0.15) is 47.0 Å². The summed E-state index contributed by atoms with van der Waals surface area (Å²) in [7, 11) is 0. The maximum absolute atomic E-state index is 11.5. The third kappa shape index (κ3) is 7.27. The largest absolute Gasteiger partial charge is 0.388 e. The van der Waals surface area contributed by atoms with Crippen molar-refractivity contribution in [2.45, 2.75) is 52.6 Å². The summed E-state index contributed by atoms with van der Waals surface area (Å²) in [5.74, 6) is -0.0761. The second kappa shape index (κ2) is 8.08. The van der Waals surface area contributed by atoms with E-state index in [-0.39, 0.29) is 24.3 Å². The molecule has 0 aliphatic carbocycles. The number of nitrogens with one attached hydrogen (secondary N) is 2. The minimum atomic E-state index is -0.894. The summed E-state index contributed by atoms with van der Waals surface area (Å²) in [6, 6.07) is 0. The van der Waals surface area contributed by atoms with Gasteiger partial charge in [-0.1, -0.05) is 13.8 Å². The molecule has 0 spiro atoms. The first-order chi connectivity index (χ1) is 8.29. The van der Waals surface area contributed by atoms with Gasteiger partial charge in [-0.05, 0) is 26.2 Å². The Labute approximate surface area is 109 Å². The Morgan fingerprint density at radius 3 is 2.11 bits per heavy atom. The predicted molar refractivity (Wildman–Crippen MR) is 71.0 cm³/mol. The van der Waals surface area contributed by atoms with E-state index >= 15 is 0 Å². The molecule has 0 saturated heterocycles. The lowest BCUT2D eigenvalue weighted by molar-refractivity contribution is -0.123. The molecule has 106 valence electrons. The van der Waals surface area contributed by atoms with Crippen molar-refractivity contribution in [1.82, 2.24) is 10.6 Å². The Kier molecular flexibility index (Phi) is 7.59. The van der Waals surface area contributed by atoms with Gasteiger partial charge in [-0.3, -0.25) is 9.59 Å². The zero-order valence-corrected chi connectivity index (χ0v) is 11.9. The molecule has 5 nitrogen and oxygen atoms in total. The minimum Gasteiger partial charge on any atom is -0.388 e. The highest BCUT2D eigenvalue weighted by Gasteiger charge is 2.25. The Morgan fingerprint density at radius 1 is 1.17 bits per heavy atom. The predicted octanol–water partition coefficient (Wildman–Crippen LogP) is 0.816. The van der Waals surface area contributed by atoms with Crippen LogP contribution in [0.2, 0.25) is 0 Å². The van der Waals surface area contributed by atoms with E-state index in [0.717, 1.165) is 0 Å². The first kappa shape index (κ1) is 16.9. The van der Waals surface area contributed by atoms with Gasteiger partial charge < -0.3 is 15.7 Å². The molecule has 0 radical (unpaired) electrons. The lowest BCUT2D eigenvalue weighted by atomic mass is 9.92. The Balaban J connectivity index is 3.76. The molecule has 1 unspecified atom stereocenters. The summed E-state index contributed by atoms with van der Waals surface area (Å²) in [4.78, 5) is 22.6. The Hall–Kier alpha value is -1.10. The fraction of sp³-hybridized carbons (Fsp3) is 0.846. The number of carbonyl (C=O) groups excluding carboxylic acids is 2. The Morgan fingerprint density at radius 2 is 1.67 bits per heavy atom. The number of carbonyl (C=O) groups is 2. The second-order valence-corrected chi connectivity index (χ2v) is 5.10. The van der Waals surface area contributed by atoms with Gasteiger partial charge in [0.05, 0.1) is 5.60 Å². The molecule has 0 saturated carbocycles. The summed E-state index contributed by atoms with van der Waals surface area (Å²) >= 11 is 0. The molecular weight excluding hydrogens is 232 g/mol. The Bertz CT molecular complexity index is 275. The molecule has 0 aliphatic heterocycles. The molecular formula is C13H26N2O3. The van der Waals surface area contributed by atoms with Gasteiger partial charge in [-0.15, -0.1) is 0 Å². The highest BCUT2D eigenvalue weighted by atomic mass is 16.3. The van der Waals surface area contributed by atoms with Crippen LogP contribution in [0.4, 0.5) is 0 Å². The SMILES string of the molecule is CCNC(=O)CCCC(=O)NCC(C)(O)C(C)C. The van der Waals surface area contributed by atoms with Gasteiger partial charge in [0.15, 0.2) is 0 Å². The van der Waals surface area contributed by atoms with E-state index in [1.165, 1.54) is 0 Å². The number of aliphatic hydroxyl groups is 1. The van der Waals surface area contributed by atoms with Gasteiger partial charge in [-0.2, -0.15) is 0 Å². The smallest absolute Gasteiger partial charge is 0.220 e. The third-order valence-electron chi connectivity index (χ3n) is 3.07. The molecule has 0 fully saturated rings. The molecule has 18 heavy (non-hydrogen) atoms. The van der Waals surface area contributed by atoms with Crippen molar-refractivity contribution in [3.63, 3.8) is 0 Å². The molecule has 3 N–H and O–H groups in total. The molecule has 0 aromatic rings. The molecule has 1 atom stereocenters. The normalized spacial score (nSPS) is 14.1. The number of amides is 2. The summed E-state index contributed by atoms with van der Waals surface area (Å²) in [5, 5.41) is 15.3. The van der Waals surface area contributed by atoms with Crippen molar-refractivity contribution in [3.8, 4) is 0 Å². The fourth-order valence-corrected chi connectivity index (χ4v) is 1.27. The molecule has 0 aromatic carbocycles. The van der Waals surface area contributed by atoms with Crippen LogP contribution in [-0.4, -0.2) is 35.6 Å². The van der Waals surface area contributed by atoms with Crippen LogP contribution in [0, 0.1) is 5.92 Å². The van der Waals surface area contributed by atoms with E-state index < -0.39 is 5.60 Å². The quantitative estimate of drug-likeness (QED) is 0.603. The highest BCUT2D eigenvalue weighted by Crippen LogP contribution is 2.14. The van der Waals surface area contributed by atoms with E-state index in [0.29, 0.717) is 25.8 Å². The van der Waals surface area contributed by atoms with E-state index in [2.05, 4.69) is 10.6 Å². The van der Waals surface area contributed by atoms with Crippen LogP contribution >= 0.6 is 0 Å². The van der Waals surface area contributed by atoms with Crippen LogP contribution < -0.4 is 10.6 Å². The maximum atomic E-state index is 11.5. The van der Waals surface area contributed by atoms with E-state index in [4.69, 9.17) is 0 Å². The van der Waals surface area contributed by atoms with Crippen LogP contribution in [0.15, 0.2) is 0 Å². The van der Waals surface area contributed by atoms with Crippen molar-refractivity contribution in [1.29, 1.82) is 0 Å². The second-order valence-electron chi connectivity index (χ2n) is 5.10. The molecule has 2 amide bonds. The summed E-state index contributed by atoms with van der Waals surface area (Å²) in [6.07, 6.45) is 1.20. The van der Waals surface area contributed by atoms with Crippen LogP contribution in [0.3, 0.4) is 0 Å². The minimum absolute atomic E-state index is 0.0283. The average molecular weight is 258 g/mol. The lowest BCUT2D eigenvalue weighted by Crippen LogP contribution is -2.44. The van der Waals surface area contributed by atoms with Crippen molar-refractivity contribution in [2.24, 2.45) is 5.92 Å². The van der Waals surface area contributed by atoms with Gasteiger partial charge in [0, 0.05) is 25.9 Å². The molecule has 0 aliphatic rings. The van der Waals surface area contributed by atoms with Gasteiger partial charge in [-0.25, -0.2) is 0 Å². The van der Waals surface area contributed by atoms with Gasteiger partial charge in [0.2, 0.25) is 11.8 Å². The van der Waals surface area contributed by atoms with Gasteiger partial charge in [0.25, 0.3) is 0 Å². The zero-order valence-electron chi connectivity index (χ0n) is 11.9. The summed E-state index contributed by atoms with van der Waals surface area (Å²) in [5.41, 5.74) is -0.894. The number of hydrogen-bond acceptors (Lipinski definition) is 3. The standard InChI is InChI=1S/C13H26N2O3/c1-5-14-11(16)7-6-8-12(17)15-9-13(4,18)10(2)3/h10,18H,5-9H2,1-4H3,(H,14,16)(H,15,17). The zero-order chi connectivity index (χ0) is 14.2. The van der Waals surface area contributed by atoms with Gasteiger partial charge in [0.1, 0.15) is 0 Å². The fourth-order valence-electron chi connectivity index (χ4n) is 1.27. The van der Waals surface area contributed by atoms with Gasteiger partial charge >= 0.3 is 0 Å². The van der Waals surface area contributed by atoms with Crippen molar-refractivity contribution >= 4 is 11.8 Å². The topological polar surface area (TPSA) is 78.4 Å². The lowest BCUT2D eigenvalue weighted by Gasteiger charge is -2.27. The monoisotopic (exact) mass is 258 g/mol. The van der Waals surface area contributed by atoms with Crippen LogP contribution in [-0.2, 0) is 9.59 Å². The number of hydrogen-bond donors (Lipinski definition) is 3.